The Balaban J connectivity index is 2.81. The number of sulfonamides is 1. The molecule has 1 saturated heterocycles. The zero-order valence-corrected chi connectivity index (χ0v) is 7.84. The van der Waals surface area contributed by atoms with Crippen LogP contribution in [0.5, 0.6) is 0 Å². The van der Waals surface area contributed by atoms with Crippen molar-refractivity contribution in [2.75, 3.05) is 12.8 Å². The molecule has 0 saturated carbocycles. The molecule has 0 spiro atoms. The summed E-state index contributed by atoms with van der Waals surface area (Å²) in [6.07, 6.45) is 3.64. The summed E-state index contributed by atoms with van der Waals surface area (Å²) in [6.45, 7) is 0.497. The van der Waals surface area contributed by atoms with E-state index in [1.54, 1.807) is 0 Å². The monoisotopic (exact) mass is 188 g/mol. The van der Waals surface area contributed by atoms with E-state index in [1.807, 2.05) is 6.07 Å². The molecule has 0 aromatic rings. The Morgan fingerprint density at radius 1 is 1.50 bits per heavy atom. The first-order chi connectivity index (χ1) is 5.55. The van der Waals surface area contributed by atoms with Crippen LogP contribution in [0, 0.1) is 11.3 Å². The van der Waals surface area contributed by atoms with Crippen LogP contribution in [-0.4, -0.2) is 31.6 Å². The highest BCUT2D eigenvalue weighted by molar-refractivity contribution is 7.88. The first-order valence-electron chi connectivity index (χ1n) is 3.92. The zero-order valence-electron chi connectivity index (χ0n) is 7.02. The van der Waals surface area contributed by atoms with E-state index in [0.717, 1.165) is 19.1 Å². The quantitative estimate of drug-likeness (QED) is 0.595. The first-order valence-corrected chi connectivity index (χ1v) is 5.77. The lowest BCUT2D eigenvalue weighted by atomic mass is 10.1. The van der Waals surface area contributed by atoms with Crippen LogP contribution in [0.15, 0.2) is 0 Å². The largest absolute Gasteiger partial charge is 0.212 e. The fourth-order valence-electron chi connectivity index (χ4n) is 1.43. The summed E-state index contributed by atoms with van der Waals surface area (Å²) in [5.74, 6) is 0. The van der Waals surface area contributed by atoms with Gasteiger partial charge in [0.25, 0.3) is 0 Å². The predicted octanol–water partition coefficient (Wildman–Crippen LogP) is 0.324. The van der Waals surface area contributed by atoms with Crippen molar-refractivity contribution in [2.45, 2.75) is 25.3 Å². The summed E-state index contributed by atoms with van der Waals surface area (Å²) in [6, 6.07) is 1.57. The van der Waals surface area contributed by atoms with Gasteiger partial charge in [0, 0.05) is 6.54 Å². The van der Waals surface area contributed by atoms with Crippen LogP contribution in [0.2, 0.25) is 0 Å². The minimum absolute atomic E-state index is 0.436. The Morgan fingerprint density at radius 2 is 2.17 bits per heavy atom. The summed E-state index contributed by atoms with van der Waals surface area (Å²) in [5, 5.41) is 8.67. The van der Waals surface area contributed by atoms with E-state index < -0.39 is 16.1 Å². The third-order valence-electron chi connectivity index (χ3n) is 2.03. The molecular weight excluding hydrogens is 176 g/mol. The summed E-state index contributed by atoms with van der Waals surface area (Å²) in [4.78, 5) is 0. The molecule has 0 radical (unpaired) electrons. The number of nitrogens with zero attached hydrogens (tertiary/aromatic N) is 2. The third kappa shape index (κ3) is 1.96. The van der Waals surface area contributed by atoms with Crippen molar-refractivity contribution >= 4 is 10.0 Å². The molecule has 5 heteroatoms. The van der Waals surface area contributed by atoms with Gasteiger partial charge in [-0.05, 0) is 19.3 Å². The van der Waals surface area contributed by atoms with Gasteiger partial charge in [-0.2, -0.15) is 9.57 Å². The highest BCUT2D eigenvalue weighted by atomic mass is 32.2. The van der Waals surface area contributed by atoms with Gasteiger partial charge in [0.15, 0.2) is 0 Å². The van der Waals surface area contributed by atoms with Gasteiger partial charge >= 0.3 is 0 Å². The van der Waals surface area contributed by atoms with Crippen LogP contribution in [0.25, 0.3) is 0 Å². The van der Waals surface area contributed by atoms with Crippen molar-refractivity contribution < 1.29 is 8.42 Å². The molecule has 12 heavy (non-hydrogen) atoms. The molecule has 1 aliphatic heterocycles. The number of rotatable bonds is 1. The lowest BCUT2D eigenvalue weighted by molar-refractivity contribution is 0.299. The van der Waals surface area contributed by atoms with E-state index in [2.05, 4.69) is 0 Å². The lowest BCUT2D eigenvalue weighted by Crippen LogP contribution is -2.42. The molecule has 0 aliphatic carbocycles. The molecule has 0 aromatic carbocycles. The second-order valence-corrected chi connectivity index (χ2v) is 4.95. The number of hydrogen-bond acceptors (Lipinski definition) is 3. The average molecular weight is 188 g/mol. The molecule has 1 atom stereocenters. The molecule has 0 amide bonds. The maximum Gasteiger partial charge on any atom is 0.212 e. The van der Waals surface area contributed by atoms with E-state index in [9.17, 15) is 8.42 Å². The summed E-state index contributed by atoms with van der Waals surface area (Å²) < 4.78 is 23.5. The fraction of sp³-hybridized carbons (Fsp3) is 0.857. The van der Waals surface area contributed by atoms with Crippen LogP contribution in [-0.2, 0) is 10.0 Å². The minimum Gasteiger partial charge on any atom is -0.212 e. The molecular formula is C7H12N2O2S. The summed E-state index contributed by atoms with van der Waals surface area (Å²) >= 11 is 0. The first kappa shape index (κ1) is 9.49. The molecule has 1 aliphatic rings. The topological polar surface area (TPSA) is 61.2 Å². The molecule has 1 rings (SSSR count). The minimum atomic E-state index is -3.18. The van der Waals surface area contributed by atoms with Gasteiger partial charge in [-0.1, -0.05) is 0 Å². The van der Waals surface area contributed by atoms with E-state index >= 15 is 0 Å². The normalized spacial score (nSPS) is 26.5. The molecule has 0 N–H and O–H groups in total. The Kier molecular flexibility index (Phi) is 2.70. The van der Waals surface area contributed by atoms with Gasteiger partial charge in [-0.15, -0.1) is 0 Å². The maximum atomic E-state index is 11.1. The maximum absolute atomic E-state index is 11.1. The molecule has 4 nitrogen and oxygen atoms in total. The number of nitriles is 1. The van der Waals surface area contributed by atoms with Gasteiger partial charge < -0.3 is 0 Å². The van der Waals surface area contributed by atoms with Crippen molar-refractivity contribution in [3.05, 3.63) is 0 Å². The Morgan fingerprint density at radius 3 is 2.58 bits per heavy atom. The second kappa shape index (κ2) is 3.42. The third-order valence-corrected chi connectivity index (χ3v) is 3.32. The Labute approximate surface area is 72.8 Å². The van der Waals surface area contributed by atoms with E-state index in [4.69, 9.17) is 5.26 Å². The van der Waals surface area contributed by atoms with Crippen LogP contribution in [0.3, 0.4) is 0 Å². The molecule has 68 valence electrons. The van der Waals surface area contributed by atoms with Gasteiger partial charge in [0.05, 0.1) is 12.3 Å². The molecule has 1 fully saturated rings. The van der Waals surface area contributed by atoms with E-state index in [0.29, 0.717) is 13.0 Å². The number of piperidine rings is 1. The van der Waals surface area contributed by atoms with Crippen LogP contribution in [0.1, 0.15) is 19.3 Å². The van der Waals surface area contributed by atoms with Gasteiger partial charge in [-0.25, -0.2) is 8.42 Å². The highest BCUT2D eigenvalue weighted by Crippen LogP contribution is 2.18. The average Bonchev–Trinajstić information content (AvgIpc) is 2.03. The summed E-state index contributed by atoms with van der Waals surface area (Å²) in [7, 11) is -3.18. The van der Waals surface area contributed by atoms with Crippen LogP contribution >= 0.6 is 0 Å². The fourth-order valence-corrected chi connectivity index (χ4v) is 2.51. The van der Waals surface area contributed by atoms with Crippen LogP contribution in [0.4, 0.5) is 0 Å². The molecule has 1 heterocycles. The zero-order chi connectivity index (χ0) is 9.19. The Bertz CT molecular complexity index is 291. The van der Waals surface area contributed by atoms with Crippen molar-refractivity contribution in [1.82, 2.24) is 4.31 Å². The molecule has 0 bridgehead atoms. The van der Waals surface area contributed by atoms with Crippen molar-refractivity contribution in [1.29, 1.82) is 5.26 Å². The van der Waals surface area contributed by atoms with Crippen LogP contribution < -0.4 is 0 Å². The van der Waals surface area contributed by atoms with Crippen molar-refractivity contribution in [2.24, 2.45) is 0 Å². The summed E-state index contributed by atoms with van der Waals surface area (Å²) in [5.41, 5.74) is 0. The number of hydrogen-bond donors (Lipinski definition) is 0. The van der Waals surface area contributed by atoms with E-state index in [1.165, 1.54) is 4.31 Å². The molecule has 0 aromatic heterocycles. The smallest absolute Gasteiger partial charge is 0.212 e. The second-order valence-electron chi connectivity index (χ2n) is 3.01. The molecule has 1 unspecified atom stereocenters. The SMILES string of the molecule is CS(=O)(=O)N1CCCCC1C#N. The standard InChI is InChI=1S/C7H12N2O2S/c1-12(10,11)9-5-3-2-4-7(9)6-8/h7H,2-5H2,1H3. The van der Waals surface area contributed by atoms with E-state index in [-0.39, 0.29) is 0 Å². The van der Waals surface area contributed by atoms with Gasteiger partial charge in [0.2, 0.25) is 10.0 Å². The van der Waals surface area contributed by atoms with Crippen molar-refractivity contribution in [3.63, 3.8) is 0 Å². The predicted molar refractivity (Wildman–Crippen MR) is 44.8 cm³/mol. The Hall–Kier alpha value is -0.600. The van der Waals surface area contributed by atoms with Gasteiger partial charge in [0.1, 0.15) is 6.04 Å². The highest BCUT2D eigenvalue weighted by Gasteiger charge is 2.28. The van der Waals surface area contributed by atoms with Gasteiger partial charge in [-0.3, -0.25) is 0 Å². The van der Waals surface area contributed by atoms with Crippen molar-refractivity contribution in [3.8, 4) is 6.07 Å². The lowest BCUT2D eigenvalue weighted by Gasteiger charge is -2.28.